The standard InChI is InChI=1S/C22H33N5O2/c1-24-21(29)19-11-10-17(25(19)2)18-9-5-8-14-27(18)15-20(28)26(3)22(16-23)12-6-4-7-13-22/h10-11,18H,4-9,12-15H2,1-3H3,(H,24,29)/t18-/m1/s1. The summed E-state index contributed by atoms with van der Waals surface area (Å²) in [6, 6.07) is 6.40. The number of hydrogen-bond acceptors (Lipinski definition) is 4. The van der Waals surface area contributed by atoms with Crippen molar-refractivity contribution < 1.29 is 9.59 Å². The van der Waals surface area contributed by atoms with Crippen molar-refractivity contribution in [1.82, 2.24) is 19.7 Å². The van der Waals surface area contributed by atoms with Crippen LogP contribution in [0.1, 0.15) is 73.6 Å². The molecule has 2 heterocycles. The van der Waals surface area contributed by atoms with Gasteiger partial charge in [-0.15, -0.1) is 0 Å². The lowest BCUT2D eigenvalue weighted by molar-refractivity contribution is -0.137. The third kappa shape index (κ3) is 4.18. The van der Waals surface area contributed by atoms with Crippen LogP contribution < -0.4 is 5.32 Å². The molecule has 1 aromatic heterocycles. The SMILES string of the molecule is CNC(=O)c1ccc([C@H]2CCCCN2CC(=O)N(C)C2(C#N)CCCCC2)n1C. The molecule has 29 heavy (non-hydrogen) atoms. The van der Waals surface area contributed by atoms with Gasteiger partial charge >= 0.3 is 0 Å². The van der Waals surface area contributed by atoms with E-state index in [9.17, 15) is 14.9 Å². The molecule has 0 aromatic carbocycles. The van der Waals surface area contributed by atoms with Gasteiger partial charge in [0, 0.05) is 26.8 Å². The minimum atomic E-state index is -0.655. The molecule has 0 spiro atoms. The maximum atomic E-state index is 13.2. The number of nitrogens with zero attached hydrogens (tertiary/aromatic N) is 4. The molecule has 1 aromatic rings. The lowest BCUT2D eigenvalue weighted by Gasteiger charge is -2.41. The summed E-state index contributed by atoms with van der Waals surface area (Å²) in [5, 5.41) is 12.5. The van der Waals surface area contributed by atoms with E-state index in [2.05, 4.69) is 16.3 Å². The summed E-state index contributed by atoms with van der Waals surface area (Å²) in [5.74, 6) is -0.0914. The lowest BCUT2D eigenvalue weighted by atomic mass is 9.81. The van der Waals surface area contributed by atoms with Gasteiger partial charge < -0.3 is 14.8 Å². The zero-order chi connectivity index (χ0) is 21.0. The van der Waals surface area contributed by atoms with Crippen LogP contribution in [0.4, 0.5) is 0 Å². The first-order chi connectivity index (χ1) is 13.9. The fraction of sp³-hybridized carbons (Fsp3) is 0.682. The van der Waals surface area contributed by atoms with E-state index >= 15 is 0 Å². The Morgan fingerprint density at radius 2 is 1.97 bits per heavy atom. The van der Waals surface area contributed by atoms with E-state index in [1.54, 1.807) is 19.0 Å². The Bertz CT molecular complexity index is 788. The second-order valence-electron chi connectivity index (χ2n) is 8.42. The molecule has 2 fully saturated rings. The van der Waals surface area contributed by atoms with Gasteiger partial charge in [0.15, 0.2) is 0 Å². The van der Waals surface area contributed by atoms with Gasteiger partial charge in [-0.05, 0) is 44.4 Å². The molecule has 0 radical (unpaired) electrons. The Morgan fingerprint density at radius 3 is 2.62 bits per heavy atom. The Hall–Kier alpha value is -2.33. The Kier molecular flexibility index (Phi) is 6.63. The third-order valence-corrected chi connectivity index (χ3v) is 6.82. The van der Waals surface area contributed by atoms with Crippen molar-refractivity contribution >= 4 is 11.8 Å². The topological polar surface area (TPSA) is 81.4 Å². The second-order valence-corrected chi connectivity index (χ2v) is 8.42. The zero-order valence-corrected chi connectivity index (χ0v) is 17.9. The Morgan fingerprint density at radius 1 is 1.24 bits per heavy atom. The summed E-state index contributed by atoms with van der Waals surface area (Å²) in [6.45, 7) is 1.16. The number of aromatic nitrogens is 1. The normalized spacial score (nSPS) is 21.9. The number of likely N-dealkylation sites (tertiary alicyclic amines) is 1. The van der Waals surface area contributed by atoms with E-state index in [0.717, 1.165) is 63.6 Å². The molecule has 1 aliphatic heterocycles. The van der Waals surface area contributed by atoms with Gasteiger partial charge in [-0.1, -0.05) is 25.7 Å². The largest absolute Gasteiger partial charge is 0.354 e. The fourth-order valence-electron chi connectivity index (χ4n) is 4.91. The van der Waals surface area contributed by atoms with Gasteiger partial charge in [0.05, 0.1) is 18.7 Å². The lowest BCUT2D eigenvalue weighted by Crippen LogP contribution is -2.53. The molecule has 0 bridgehead atoms. The first-order valence-electron chi connectivity index (χ1n) is 10.7. The smallest absolute Gasteiger partial charge is 0.267 e. The molecular formula is C22H33N5O2. The van der Waals surface area contributed by atoms with Crippen LogP contribution in [-0.4, -0.2) is 58.9 Å². The zero-order valence-electron chi connectivity index (χ0n) is 17.9. The molecule has 7 heteroatoms. The van der Waals surface area contributed by atoms with E-state index in [0.29, 0.717) is 12.2 Å². The van der Waals surface area contributed by atoms with Crippen molar-refractivity contribution in [1.29, 1.82) is 5.26 Å². The van der Waals surface area contributed by atoms with Crippen molar-refractivity contribution in [3.05, 3.63) is 23.5 Å². The summed E-state index contributed by atoms with van der Waals surface area (Å²) >= 11 is 0. The fourth-order valence-corrected chi connectivity index (χ4v) is 4.91. The van der Waals surface area contributed by atoms with Gasteiger partial charge in [0.1, 0.15) is 11.2 Å². The minimum absolute atomic E-state index is 0.0149. The molecule has 1 saturated heterocycles. The third-order valence-electron chi connectivity index (χ3n) is 6.82. The number of carbonyl (C=O) groups excluding carboxylic acids is 2. The number of likely N-dealkylation sites (N-methyl/N-ethyl adjacent to an activating group) is 1. The molecule has 1 N–H and O–H groups in total. The molecule has 2 amide bonds. The highest BCUT2D eigenvalue weighted by Crippen LogP contribution is 2.34. The van der Waals surface area contributed by atoms with Crippen molar-refractivity contribution in [2.75, 3.05) is 27.2 Å². The van der Waals surface area contributed by atoms with Crippen LogP contribution >= 0.6 is 0 Å². The number of piperidine rings is 1. The first-order valence-corrected chi connectivity index (χ1v) is 10.7. The quantitative estimate of drug-likeness (QED) is 0.825. The summed E-state index contributed by atoms with van der Waals surface area (Å²) in [4.78, 5) is 29.2. The molecule has 7 nitrogen and oxygen atoms in total. The number of hydrogen-bond donors (Lipinski definition) is 1. The van der Waals surface area contributed by atoms with Crippen LogP contribution in [-0.2, 0) is 11.8 Å². The molecule has 158 valence electrons. The van der Waals surface area contributed by atoms with E-state index in [1.165, 1.54) is 0 Å². The molecular weight excluding hydrogens is 366 g/mol. The highest BCUT2D eigenvalue weighted by molar-refractivity contribution is 5.92. The van der Waals surface area contributed by atoms with E-state index in [-0.39, 0.29) is 17.9 Å². The summed E-state index contributed by atoms with van der Waals surface area (Å²) < 4.78 is 1.94. The van der Waals surface area contributed by atoms with Gasteiger partial charge in [0.2, 0.25) is 5.91 Å². The summed E-state index contributed by atoms with van der Waals surface area (Å²) in [5.41, 5.74) is 1.03. The van der Waals surface area contributed by atoms with Crippen LogP contribution in [0.15, 0.2) is 12.1 Å². The summed E-state index contributed by atoms with van der Waals surface area (Å²) in [6.07, 6.45) is 7.81. The monoisotopic (exact) mass is 399 g/mol. The minimum Gasteiger partial charge on any atom is -0.354 e. The van der Waals surface area contributed by atoms with Crippen molar-refractivity contribution in [2.24, 2.45) is 7.05 Å². The van der Waals surface area contributed by atoms with Gasteiger partial charge in [-0.2, -0.15) is 5.26 Å². The van der Waals surface area contributed by atoms with Crippen LogP contribution in [0.3, 0.4) is 0 Å². The number of amides is 2. The predicted molar refractivity (Wildman–Crippen MR) is 111 cm³/mol. The number of carbonyl (C=O) groups is 2. The maximum Gasteiger partial charge on any atom is 0.267 e. The number of rotatable bonds is 5. The van der Waals surface area contributed by atoms with E-state index < -0.39 is 5.54 Å². The second kappa shape index (κ2) is 9.00. The van der Waals surface area contributed by atoms with Crippen LogP contribution in [0, 0.1) is 11.3 Å². The van der Waals surface area contributed by atoms with Gasteiger partial charge in [-0.3, -0.25) is 14.5 Å². The molecule has 1 atom stereocenters. The maximum absolute atomic E-state index is 13.2. The molecule has 1 aliphatic carbocycles. The number of nitriles is 1. The predicted octanol–water partition coefficient (Wildman–Crippen LogP) is 2.60. The average molecular weight is 400 g/mol. The Labute approximate surface area is 173 Å². The van der Waals surface area contributed by atoms with Crippen LogP contribution in [0.5, 0.6) is 0 Å². The van der Waals surface area contributed by atoms with Crippen molar-refractivity contribution in [3.8, 4) is 6.07 Å². The molecule has 3 rings (SSSR count). The summed E-state index contributed by atoms with van der Waals surface area (Å²) in [7, 11) is 5.34. The highest BCUT2D eigenvalue weighted by atomic mass is 16.2. The first kappa shape index (κ1) is 21.4. The van der Waals surface area contributed by atoms with Crippen LogP contribution in [0.25, 0.3) is 0 Å². The molecule has 2 aliphatic rings. The van der Waals surface area contributed by atoms with E-state index in [4.69, 9.17) is 0 Å². The van der Waals surface area contributed by atoms with Crippen molar-refractivity contribution in [3.63, 3.8) is 0 Å². The van der Waals surface area contributed by atoms with Gasteiger partial charge in [-0.25, -0.2) is 0 Å². The van der Waals surface area contributed by atoms with Crippen LogP contribution in [0.2, 0.25) is 0 Å². The highest BCUT2D eigenvalue weighted by Gasteiger charge is 2.40. The average Bonchev–Trinajstić information content (AvgIpc) is 3.14. The molecule has 0 unspecified atom stereocenters. The number of nitrogens with one attached hydrogen (secondary N) is 1. The Balaban J connectivity index is 1.77. The molecule has 1 saturated carbocycles. The van der Waals surface area contributed by atoms with E-state index in [1.807, 2.05) is 23.7 Å². The van der Waals surface area contributed by atoms with Gasteiger partial charge in [0.25, 0.3) is 5.91 Å². The van der Waals surface area contributed by atoms with Crippen molar-refractivity contribution in [2.45, 2.75) is 62.9 Å².